The molecule has 0 saturated carbocycles. The van der Waals surface area contributed by atoms with Crippen molar-refractivity contribution < 1.29 is 22.8 Å². The minimum absolute atomic E-state index is 0.0762. The first-order valence-electron chi connectivity index (χ1n) is 19.4. The summed E-state index contributed by atoms with van der Waals surface area (Å²) in [6.45, 7) is 12.9. The maximum atomic E-state index is 14.2. The van der Waals surface area contributed by atoms with Crippen molar-refractivity contribution in [2.45, 2.75) is 83.9 Å². The molecule has 306 valence electrons. The van der Waals surface area contributed by atoms with Crippen molar-refractivity contribution in [3.8, 4) is 0 Å². The van der Waals surface area contributed by atoms with Crippen LogP contribution in [0.15, 0.2) is 108 Å². The molecule has 0 aliphatic heterocycles. The Balaban J connectivity index is 1.62. The van der Waals surface area contributed by atoms with Crippen molar-refractivity contribution in [3.05, 3.63) is 135 Å². The van der Waals surface area contributed by atoms with E-state index in [0.717, 1.165) is 26.4 Å². The number of likely N-dealkylation sites (N-methyl/N-ethyl adjacent to an activating group) is 1. The molecule has 0 heterocycles. The summed E-state index contributed by atoms with van der Waals surface area (Å²) in [5.74, 6) is -1.19. The van der Waals surface area contributed by atoms with Crippen LogP contribution in [-0.2, 0) is 27.0 Å². The predicted octanol–water partition coefficient (Wildman–Crippen LogP) is 6.36. The number of benzene rings is 4. The third-order valence-corrected chi connectivity index (χ3v) is 12.2. The van der Waals surface area contributed by atoms with Crippen molar-refractivity contribution in [2.24, 2.45) is 5.92 Å². The van der Waals surface area contributed by atoms with Crippen molar-refractivity contribution in [1.82, 2.24) is 26.6 Å². The zero-order valence-corrected chi connectivity index (χ0v) is 36.3. The monoisotopic (exact) mass is 860 g/mol. The van der Waals surface area contributed by atoms with Crippen LogP contribution in [0.3, 0.4) is 0 Å². The van der Waals surface area contributed by atoms with E-state index in [1.165, 1.54) is 25.2 Å². The zero-order valence-electron chi connectivity index (χ0n) is 33.9. The number of anilines is 1. The topological polar surface area (TPSA) is 149 Å². The lowest BCUT2D eigenvalue weighted by Crippen LogP contribution is -2.56. The summed E-state index contributed by atoms with van der Waals surface area (Å²) in [6.07, 6.45) is 0.448. The van der Waals surface area contributed by atoms with Gasteiger partial charge in [-0.15, -0.1) is 0 Å². The number of carbonyl (C=O) groups excluding carboxylic acids is 3. The fourth-order valence-corrected chi connectivity index (χ4v) is 8.07. The number of amides is 3. The molecule has 57 heavy (non-hydrogen) atoms. The largest absolute Gasteiger partial charge is 0.350 e. The number of hydrogen-bond acceptors (Lipinski definition) is 7. The molecular weight excluding hydrogens is 804 g/mol. The number of carbonyl (C=O) groups is 3. The minimum atomic E-state index is -3.92. The number of sulfonamides is 1. The van der Waals surface area contributed by atoms with Gasteiger partial charge in [-0.3, -0.25) is 18.7 Å². The van der Waals surface area contributed by atoms with Crippen molar-refractivity contribution in [3.63, 3.8) is 0 Å². The van der Waals surface area contributed by atoms with Crippen molar-refractivity contribution >= 4 is 49.4 Å². The molecular formula is C44H57BrN6O5S. The average molecular weight is 862 g/mol. The lowest BCUT2D eigenvalue weighted by Gasteiger charge is -2.30. The SMILES string of the molecule is CCNC(C)[C@@H](NC(=O)[C@H](C)NC[C@H](Cc1ccccc1)NC(=O)c1cc(C(=O)N[C@H](C)c2ccc(Br)cc2)cc(N(C)S(=O)(=O)Cc2ccccc2)c1)C(C)C. The molecule has 3 amide bonds. The lowest BCUT2D eigenvalue weighted by atomic mass is 9.97. The maximum Gasteiger partial charge on any atom is 0.251 e. The van der Waals surface area contributed by atoms with Crippen molar-refractivity contribution in [1.29, 1.82) is 0 Å². The Morgan fingerprint density at radius 3 is 1.84 bits per heavy atom. The maximum absolute atomic E-state index is 14.2. The summed E-state index contributed by atoms with van der Waals surface area (Å²) in [5.41, 5.74) is 2.84. The van der Waals surface area contributed by atoms with Gasteiger partial charge >= 0.3 is 0 Å². The summed E-state index contributed by atoms with van der Waals surface area (Å²) in [4.78, 5) is 41.4. The Hall–Kier alpha value is -4.56. The van der Waals surface area contributed by atoms with Gasteiger partial charge in [0.25, 0.3) is 11.8 Å². The number of nitrogens with one attached hydrogen (secondary N) is 5. The van der Waals surface area contributed by atoms with Gasteiger partial charge in [0.1, 0.15) is 0 Å². The highest BCUT2D eigenvalue weighted by Crippen LogP contribution is 2.25. The molecule has 0 saturated heterocycles. The van der Waals surface area contributed by atoms with E-state index in [1.54, 1.807) is 31.2 Å². The van der Waals surface area contributed by atoms with Crippen LogP contribution in [0.5, 0.6) is 0 Å². The number of rotatable bonds is 20. The predicted molar refractivity (Wildman–Crippen MR) is 233 cm³/mol. The van der Waals surface area contributed by atoms with Gasteiger partial charge in [0.15, 0.2) is 0 Å². The molecule has 1 unspecified atom stereocenters. The van der Waals surface area contributed by atoms with E-state index >= 15 is 0 Å². The molecule has 11 nitrogen and oxygen atoms in total. The Labute approximate surface area is 347 Å². The highest BCUT2D eigenvalue weighted by Gasteiger charge is 2.27. The van der Waals surface area contributed by atoms with Gasteiger partial charge in [-0.05, 0) is 86.7 Å². The van der Waals surface area contributed by atoms with Gasteiger partial charge in [0, 0.05) is 47.3 Å². The van der Waals surface area contributed by atoms with Crippen molar-refractivity contribution in [2.75, 3.05) is 24.4 Å². The molecule has 4 aromatic rings. The van der Waals surface area contributed by atoms with Gasteiger partial charge < -0.3 is 26.6 Å². The molecule has 0 fully saturated rings. The van der Waals surface area contributed by atoms with Crippen LogP contribution in [0.1, 0.15) is 85.0 Å². The van der Waals surface area contributed by atoms with Gasteiger partial charge in [-0.25, -0.2) is 8.42 Å². The minimum Gasteiger partial charge on any atom is -0.350 e. The first-order valence-corrected chi connectivity index (χ1v) is 21.8. The van der Waals surface area contributed by atoms with E-state index in [2.05, 4.69) is 63.3 Å². The third-order valence-electron chi connectivity index (χ3n) is 9.95. The smallest absolute Gasteiger partial charge is 0.251 e. The highest BCUT2D eigenvalue weighted by atomic mass is 79.9. The normalized spacial score (nSPS) is 14.2. The Morgan fingerprint density at radius 1 is 0.719 bits per heavy atom. The van der Waals surface area contributed by atoms with Crippen LogP contribution in [0.2, 0.25) is 0 Å². The summed E-state index contributed by atoms with van der Waals surface area (Å²) in [7, 11) is -2.51. The third kappa shape index (κ3) is 13.5. The fraction of sp³-hybridized carbons (Fsp3) is 0.386. The van der Waals surface area contributed by atoms with Crippen LogP contribution in [0, 0.1) is 5.92 Å². The second-order valence-electron chi connectivity index (χ2n) is 14.8. The molecule has 5 atom stereocenters. The summed E-state index contributed by atoms with van der Waals surface area (Å²) >= 11 is 3.44. The van der Waals surface area contributed by atoms with Gasteiger partial charge in [0.05, 0.1) is 23.5 Å². The molecule has 5 N–H and O–H groups in total. The molecule has 4 rings (SSSR count). The highest BCUT2D eigenvalue weighted by molar-refractivity contribution is 9.10. The molecule has 0 spiro atoms. The van der Waals surface area contributed by atoms with Gasteiger partial charge in [0.2, 0.25) is 15.9 Å². The number of hydrogen-bond donors (Lipinski definition) is 5. The van der Waals surface area contributed by atoms with Crippen LogP contribution < -0.4 is 30.9 Å². The average Bonchev–Trinajstić information content (AvgIpc) is 3.18. The van der Waals surface area contributed by atoms with E-state index in [0.29, 0.717) is 12.0 Å². The molecule has 0 aliphatic rings. The summed E-state index contributed by atoms with van der Waals surface area (Å²) in [5, 5.41) is 16.0. The van der Waals surface area contributed by atoms with E-state index in [-0.39, 0.29) is 59.1 Å². The first kappa shape index (κ1) is 45.1. The van der Waals surface area contributed by atoms with Gasteiger partial charge in [-0.2, -0.15) is 0 Å². The molecule has 0 radical (unpaired) electrons. The fourth-order valence-electron chi connectivity index (χ4n) is 6.57. The van der Waals surface area contributed by atoms with E-state index in [1.807, 2.05) is 74.5 Å². The van der Waals surface area contributed by atoms with Crippen LogP contribution in [0.4, 0.5) is 5.69 Å². The lowest BCUT2D eigenvalue weighted by molar-refractivity contribution is -0.124. The van der Waals surface area contributed by atoms with Crippen LogP contribution in [-0.4, -0.2) is 70.4 Å². The quantitative estimate of drug-likeness (QED) is 0.0695. The Bertz CT molecular complexity index is 2030. The van der Waals surface area contributed by atoms with Gasteiger partial charge in [-0.1, -0.05) is 109 Å². The molecule has 13 heteroatoms. The van der Waals surface area contributed by atoms with Crippen LogP contribution >= 0.6 is 15.9 Å². The molecule has 0 aliphatic carbocycles. The zero-order chi connectivity index (χ0) is 41.7. The number of halogens is 1. The van der Waals surface area contributed by atoms with E-state index in [4.69, 9.17) is 0 Å². The Morgan fingerprint density at radius 2 is 1.28 bits per heavy atom. The Kier molecular flexibility index (Phi) is 16.8. The second kappa shape index (κ2) is 21.3. The molecule has 0 bridgehead atoms. The molecule has 4 aromatic carbocycles. The van der Waals surface area contributed by atoms with E-state index in [9.17, 15) is 22.8 Å². The molecule has 0 aromatic heterocycles. The summed E-state index contributed by atoms with van der Waals surface area (Å²) < 4.78 is 29.4. The van der Waals surface area contributed by atoms with E-state index < -0.39 is 33.9 Å². The number of nitrogens with zero attached hydrogens (tertiary/aromatic N) is 1. The van der Waals surface area contributed by atoms with Crippen LogP contribution in [0.25, 0.3) is 0 Å². The summed E-state index contributed by atoms with van der Waals surface area (Å²) in [6, 6.07) is 29.1. The second-order valence-corrected chi connectivity index (χ2v) is 17.8. The standard InChI is InChI=1S/C44H57BrN6O5S/c1-8-46-31(5)41(29(2)3)50-42(52)32(6)47-27-39(23-33-15-11-9-12-16-33)49-44(54)37-24-36(43(53)48-30(4)35-19-21-38(45)22-20-35)25-40(26-37)51(7)57(55,56)28-34-17-13-10-14-18-34/h9-22,24-26,29-32,39,41,46-47H,8,23,27-28H2,1-7H3,(H,48,53)(H,49,54)(H,50,52)/t30-,31?,32+,39+,41+/m1/s1. The first-order chi connectivity index (χ1) is 27.1.